The van der Waals surface area contributed by atoms with Crippen molar-refractivity contribution in [1.82, 2.24) is 5.32 Å². The van der Waals surface area contributed by atoms with Crippen molar-refractivity contribution in [3.8, 4) is 11.1 Å². The summed E-state index contributed by atoms with van der Waals surface area (Å²) in [5.74, 6) is -0.122. The van der Waals surface area contributed by atoms with E-state index in [1.807, 2.05) is 38.1 Å². The lowest BCUT2D eigenvalue weighted by Gasteiger charge is -2.11. The molecule has 0 fully saturated rings. The zero-order valence-corrected chi connectivity index (χ0v) is 13.9. The minimum atomic E-state index is -0.122. The normalized spacial score (nSPS) is 10.9. The number of benzene rings is 1. The van der Waals surface area contributed by atoms with Gasteiger partial charge in [0.25, 0.3) is 5.91 Å². The number of halogens is 1. The minimum absolute atomic E-state index is 0.0694. The van der Waals surface area contributed by atoms with E-state index < -0.39 is 0 Å². The lowest BCUT2D eigenvalue weighted by atomic mass is 9.99. The largest absolute Gasteiger partial charge is 0.390 e. The predicted octanol–water partition coefficient (Wildman–Crippen LogP) is 4.35. The molecule has 0 aliphatic rings. The third-order valence-electron chi connectivity index (χ3n) is 3.11. The highest BCUT2D eigenvalue weighted by molar-refractivity contribution is 7.17. The van der Waals surface area contributed by atoms with Gasteiger partial charge >= 0.3 is 0 Å². The first-order valence-corrected chi connectivity index (χ1v) is 8.11. The van der Waals surface area contributed by atoms with Crippen molar-refractivity contribution in [3.63, 3.8) is 0 Å². The molecule has 0 aliphatic carbocycles. The number of amides is 1. The number of rotatable bonds is 4. The minimum Gasteiger partial charge on any atom is -0.390 e. The van der Waals surface area contributed by atoms with E-state index in [9.17, 15) is 4.79 Å². The van der Waals surface area contributed by atoms with Crippen LogP contribution in [0.4, 0.5) is 5.00 Å². The monoisotopic (exact) mass is 322 g/mol. The van der Waals surface area contributed by atoms with Crippen molar-refractivity contribution in [3.05, 3.63) is 39.7 Å². The Labute approximate surface area is 134 Å². The summed E-state index contributed by atoms with van der Waals surface area (Å²) in [6.45, 7) is 5.93. The second-order valence-corrected chi connectivity index (χ2v) is 6.70. The van der Waals surface area contributed by atoms with Crippen LogP contribution in [-0.2, 0) is 6.42 Å². The lowest BCUT2D eigenvalue weighted by Crippen LogP contribution is -2.30. The van der Waals surface area contributed by atoms with Crippen LogP contribution in [0.5, 0.6) is 0 Å². The third-order valence-corrected chi connectivity index (χ3v) is 4.52. The Hall–Kier alpha value is -1.52. The molecule has 0 bridgehead atoms. The highest BCUT2D eigenvalue weighted by Gasteiger charge is 2.23. The zero-order valence-electron chi connectivity index (χ0n) is 12.4. The number of nitrogens with one attached hydrogen (secondary N) is 1. The number of anilines is 1. The van der Waals surface area contributed by atoms with Crippen molar-refractivity contribution in [2.45, 2.75) is 33.2 Å². The second-order valence-electron chi connectivity index (χ2n) is 5.13. The van der Waals surface area contributed by atoms with Crippen molar-refractivity contribution in [2.75, 3.05) is 5.73 Å². The molecule has 0 unspecified atom stereocenters. The van der Waals surface area contributed by atoms with Crippen LogP contribution in [0.25, 0.3) is 11.1 Å². The Kier molecular flexibility index (Phi) is 4.91. The first-order chi connectivity index (χ1) is 9.93. The molecule has 0 spiro atoms. The third kappa shape index (κ3) is 3.39. The van der Waals surface area contributed by atoms with E-state index in [1.165, 1.54) is 11.3 Å². The Morgan fingerprint density at radius 3 is 2.48 bits per heavy atom. The SMILES string of the molecule is CCc1sc(N)c(C(=O)NC(C)C)c1-c1ccc(Cl)cc1. The maximum atomic E-state index is 12.5. The molecule has 5 heteroatoms. The maximum absolute atomic E-state index is 12.5. The first kappa shape index (κ1) is 15.9. The van der Waals surface area contributed by atoms with Crippen molar-refractivity contribution < 1.29 is 4.79 Å². The summed E-state index contributed by atoms with van der Waals surface area (Å²) in [4.78, 5) is 13.6. The van der Waals surface area contributed by atoms with Crippen LogP contribution in [0.3, 0.4) is 0 Å². The van der Waals surface area contributed by atoms with Crippen LogP contribution in [0.2, 0.25) is 5.02 Å². The average Bonchev–Trinajstić information content (AvgIpc) is 2.75. The molecule has 2 rings (SSSR count). The Morgan fingerprint density at radius 2 is 1.95 bits per heavy atom. The summed E-state index contributed by atoms with van der Waals surface area (Å²) >= 11 is 7.43. The number of aryl methyl sites for hydroxylation is 1. The number of nitrogen functional groups attached to an aromatic ring is 1. The Bertz CT molecular complexity index is 647. The van der Waals surface area contributed by atoms with Gasteiger partial charge in [-0.05, 0) is 38.0 Å². The summed E-state index contributed by atoms with van der Waals surface area (Å²) < 4.78 is 0. The summed E-state index contributed by atoms with van der Waals surface area (Å²) in [6, 6.07) is 7.58. The van der Waals surface area contributed by atoms with Crippen LogP contribution in [0.1, 0.15) is 36.0 Å². The molecule has 3 N–H and O–H groups in total. The fourth-order valence-electron chi connectivity index (χ4n) is 2.23. The fraction of sp³-hybridized carbons (Fsp3) is 0.312. The van der Waals surface area contributed by atoms with Crippen LogP contribution in [-0.4, -0.2) is 11.9 Å². The van der Waals surface area contributed by atoms with Gasteiger partial charge in [0.15, 0.2) is 0 Å². The van der Waals surface area contributed by atoms with Crippen molar-refractivity contribution in [1.29, 1.82) is 0 Å². The molecular weight excluding hydrogens is 304 g/mol. The van der Waals surface area contributed by atoms with Crippen LogP contribution >= 0.6 is 22.9 Å². The highest BCUT2D eigenvalue weighted by Crippen LogP contribution is 2.39. The molecule has 1 aromatic carbocycles. The average molecular weight is 323 g/mol. The Morgan fingerprint density at radius 1 is 1.33 bits per heavy atom. The molecule has 0 saturated heterocycles. The molecule has 0 atom stereocenters. The van der Waals surface area contributed by atoms with E-state index in [2.05, 4.69) is 12.2 Å². The van der Waals surface area contributed by atoms with E-state index in [-0.39, 0.29) is 11.9 Å². The van der Waals surface area contributed by atoms with E-state index in [4.69, 9.17) is 17.3 Å². The molecule has 21 heavy (non-hydrogen) atoms. The number of carbonyl (C=O) groups excluding carboxylic acids is 1. The van der Waals surface area contributed by atoms with Crippen LogP contribution < -0.4 is 11.1 Å². The van der Waals surface area contributed by atoms with Gasteiger partial charge in [-0.3, -0.25) is 4.79 Å². The Balaban J connectivity index is 2.57. The van der Waals surface area contributed by atoms with Crippen LogP contribution in [0.15, 0.2) is 24.3 Å². The van der Waals surface area contributed by atoms with Gasteiger partial charge in [-0.15, -0.1) is 11.3 Å². The lowest BCUT2D eigenvalue weighted by molar-refractivity contribution is 0.0945. The smallest absolute Gasteiger partial charge is 0.255 e. The predicted molar refractivity (Wildman–Crippen MR) is 91.2 cm³/mol. The number of hydrogen-bond acceptors (Lipinski definition) is 3. The van der Waals surface area contributed by atoms with Gasteiger partial charge in [-0.2, -0.15) is 0 Å². The topological polar surface area (TPSA) is 55.1 Å². The highest BCUT2D eigenvalue weighted by atomic mass is 35.5. The summed E-state index contributed by atoms with van der Waals surface area (Å²) in [7, 11) is 0. The molecule has 112 valence electrons. The molecule has 0 radical (unpaired) electrons. The summed E-state index contributed by atoms with van der Waals surface area (Å²) in [5, 5.41) is 4.16. The molecule has 1 aromatic heterocycles. The van der Waals surface area contributed by atoms with Gasteiger partial charge in [0.1, 0.15) is 0 Å². The number of nitrogens with two attached hydrogens (primary N) is 1. The van der Waals surface area contributed by atoms with Crippen molar-refractivity contribution >= 4 is 33.8 Å². The number of thiophene rings is 1. The van der Waals surface area contributed by atoms with E-state index in [0.717, 1.165) is 22.4 Å². The van der Waals surface area contributed by atoms with Gasteiger partial charge in [0, 0.05) is 21.5 Å². The summed E-state index contributed by atoms with van der Waals surface area (Å²) in [6.07, 6.45) is 0.835. The van der Waals surface area contributed by atoms with Crippen molar-refractivity contribution in [2.24, 2.45) is 0 Å². The fourth-order valence-corrected chi connectivity index (χ4v) is 3.38. The van der Waals surface area contributed by atoms with Crippen LogP contribution in [0, 0.1) is 0 Å². The van der Waals surface area contributed by atoms with Gasteiger partial charge in [0.05, 0.1) is 10.6 Å². The van der Waals surface area contributed by atoms with Gasteiger partial charge in [-0.25, -0.2) is 0 Å². The van der Waals surface area contributed by atoms with E-state index >= 15 is 0 Å². The number of carbonyl (C=O) groups is 1. The zero-order chi connectivity index (χ0) is 15.6. The summed E-state index contributed by atoms with van der Waals surface area (Å²) in [5.41, 5.74) is 8.57. The molecule has 2 aromatic rings. The molecular formula is C16H19ClN2OS. The second kappa shape index (κ2) is 6.50. The molecule has 3 nitrogen and oxygen atoms in total. The standard InChI is InChI=1S/C16H19ClN2OS/c1-4-12-13(10-5-7-11(17)8-6-10)14(15(18)21-12)16(20)19-9(2)3/h5-9H,4,18H2,1-3H3,(H,19,20). The molecule has 1 amide bonds. The van der Waals surface area contributed by atoms with Gasteiger partial charge in [-0.1, -0.05) is 30.7 Å². The molecule has 0 aliphatic heterocycles. The number of hydrogen-bond donors (Lipinski definition) is 2. The van der Waals surface area contributed by atoms with E-state index in [1.54, 1.807) is 0 Å². The molecule has 1 heterocycles. The maximum Gasteiger partial charge on any atom is 0.255 e. The van der Waals surface area contributed by atoms with E-state index in [0.29, 0.717) is 15.6 Å². The first-order valence-electron chi connectivity index (χ1n) is 6.92. The van der Waals surface area contributed by atoms with Gasteiger partial charge < -0.3 is 11.1 Å². The molecule has 0 saturated carbocycles. The quantitative estimate of drug-likeness (QED) is 0.879. The van der Waals surface area contributed by atoms with Gasteiger partial charge in [0.2, 0.25) is 0 Å².